The molecule has 0 unspecified atom stereocenters. The van der Waals surface area contributed by atoms with E-state index in [1.54, 1.807) is 41.1 Å². The number of carbonyl (C=O) groups is 2. The monoisotopic (exact) mass is 513 g/mol. The van der Waals surface area contributed by atoms with Gasteiger partial charge in [-0.15, -0.1) is 5.10 Å². The van der Waals surface area contributed by atoms with Crippen LogP contribution in [-0.4, -0.2) is 51.5 Å². The SMILES string of the molecule is COc1nn(C)c(=O)n1-c1ccc(-c2cc(C)nc(N3CCN(c4cccc(C(N)=O)c4)C3=O)c2C)cc1. The lowest BCUT2D eigenvalue weighted by Gasteiger charge is -2.22. The Balaban J connectivity index is 1.48. The first-order valence-corrected chi connectivity index (χ1v) is 12.0. The van der Waals surface area contributed by atoms with Crippen molar-refractivity contribution in [1.82, 2.24) is 19.3 Å². The maximum atomic E-state index is 13.4. The smallest absolute Gasteiger partial charge is 0.353 e. The fraction of sp³-hybridized carbons (Fsp3) is 0.222. The van der Waals surface area contributed by atoms with Crippen molar-refractivity contribution in [3.8, 4) is 22.8 Å². The molecule has 0 bridgehead atoms. The minimum atomic E-state index is -0.547. The minimum Gasteiger partial charge on any atom is -0.467 e. The van der Waals surface area contributed by atoms with Gasteiger partial charge in [0.25, 0.3) is 0 Å². The number of hydrogen-bond donors (Lipinski definition) is 1. The number of aromatic nitrogens is 4. The van der Waals surface area contributed by atoms with Gasteiger partial charge in [-0.3, -0.25) is 14.6 Å². The van der Waals surface area contributed by atoms with Gasteiger partial charge in [-0.05, 0) is 66.9 Å². The van der Waals surface area contributed by atoms with Crippen LogP contribution in [0.25, 0.3) is 16.8 Å². The molecule has 1 fully saturated rings. The second-order valence-corrected chi connectivity index (χ2v) is 9.04. The number of nitrogens with two attached hydrogens (primary N) is 1. The maximum Gasteiger partial charge on any atom is 0.353 e. The lowest BCUT2D eigenvalue weighted by atomic mass is 10.00. The van der Waals surface area contributed by atoms with Gasteiger partial charge in [0.1, 0.15) is 5.82 Å². The molecule has 11 nitrogen and oxygen atoms in total. The van der Waals surface area contributed by atoms with Crippen LogP contribution < -0.4 is 26.0 Å². The van der Waals surface area contributed by atoms with Crippen molar-refractivity contribution < 1.29 is 14.3 Å². The quantitative estimate of drug-likeness (QED) is 0.422. The number of anilines is 2. The van der Waals surface area contributed by atoms with Gasteiger partial charge in [-0.25, -0.2) is 23.8 Å². The predicted octanol–water partition coefficient (Wildman–Crippen LogP) is 2.80. The van der Waals surface area contributed by atoms with Crippen molar-refractivity contribution >= 4 is 23.4 Å². The summed E-state index contributed by atoms with van der Waals surface area (Å²) in [6.07, 6.45) is 0. The first-order valence-electron chi connectivity index (χ1n) is 12.0. The molecule has 11 heteroatoms. The Morgan fingerprint density at radius 3 is 2.37 bits per heavy atom. The van der Waals surface area contributed by atoms with Crippen LogP contribution in [0, 0.1) is 13.8 Å². The molecule has 3 amide bonds. The summed E-state index contributed by atoms with van der Waals surface area (Å²) >= 11 is 0. The molecule has 3 heterocycles. The first kappa shape index (κ1) is 24.8. The van der Waals surface area contributed by atoms with Crippen molar-refractivity contribution in [3.05, 3.63) is 81.9 Å². The summed E-state index contributed by atoms with van der Waals surface area (Å²) in [5.41, 5.74) is 10.1. The number of aryl methyl sites for hydroxylation is 2. The average molecular weight is 514 g/mol. The Morgan fingerprint density at radius 1 is 0.974 bits per heavy atom. The fourth-order valence-electron chi connectivity index (χ4n) is 4.67. The largest absolute Gasteiger partial charge is 0.467 e. The second kappa shape index (κ2) is 9.51. The van der Waals surface area contributed by atoms with E-state index in [9.17, 15) is 14.4 Å². The zero-order valence-electron chi connectivity index (χ0n) is 21.5. The van der Waals surface area contributed by atoms with Gasteiger partial charge in [0.2, 0.25) is 5.91 Å². The van der Waals surface area contributed by atoms with E-state index in [0.717, 1.165) is 22.4 Å². The Labute approximate surface area is 218 Å². The highest BCUT2D eigenvalue weighted by Crippen LogP contribution is 2.33. The summed E-state index contributed by atoms with van der Waals surface area (Å²) in [5.74, 6) is 0.0295. The van der Waals surface area contributed by atoms with Crippen LogP contribution in [0.1, 0.15) is 21.6 Å². The van der Waals surface area contributed by atoms with Crippen LogP contribution in [0.3, 0.4) is 0 Å². The Kier molecular flexibility index (Phi) is 6.19. The van der Waals surface area contributed by atoms with Crippen LogP contribution >= 0.6 is 0 Å². The number of ether oxygens (including phenoxy) is 1. The summed E-state index contributed by atoms with van der Waals surface area (Å²) in [5, 5.41) is 4.09. The zero-order valence-corrected chi connectivity index (χ0v) is 21.5. The lowest BCUT2D eigenvalue weighted by molar-refractivity contribution is 0.1000. The minimum absolute atomic E-state index is 0.196. The third kappa shape index (κ3) is 4.17. The van der Waals surface area contributed by atoms with E-state index in [1.807, 2.05) is 44.2 Å². The summed E-state index contributed by atoms with van der Waals surface area (Å²) in [4.78, 5) is 45.5. The molecule has 1 aliphatic heterocycles. The van der Waals surface area contributed by atoms with Crippen molar-refractivity contribution in [3.63, 3.8) is 0 Å². The number of hydrogen-bond acceptors (Lipinski definition) is 6. The Bertz CT molecular complexity index is 1620. The molecule has 2 aromatic carbocycles. The highest BCUT2D eigenvalue weighted by Gasteiger charge is 2.33. The number of urea groups is 1. The molecule has 4 aromatic rings. The number of primary amides is 1. The maximum absolute atomic E-state index is 13.4. The van der Waals surface area contributed by atoms with Crippen LogP contribution in [-0.2, 0) is 7.05 Å². The molecule has 5 rings (SSSR count). The van der Waals surface area contributed by atoms with Crippen molar-refractivity contribution in [2.75, 3.05) is 30.0 Å². The van der Waals surface area contributed by atoms with E-state index in [1.165, 1.54) is 16.4 Å². The number of nitrogens with zero attached hydrogens (tertiary/aromatic N) is 6. The van der Waals surface area contributed by atoms with Crippen LogP contribution in [0.2, 0.25) is 0 Å². The van der Waals surface area contributed by atoms with Crippen molar-refractivity contribution in [2.24, 2.45) is 12.8 Å². The Hall–Kier alpha value is -4.93. The van der Waals surface area contributed by atoms with Gasteiger partial charge in [-0.2, -0.15) is 0 Å². The third-order valence-corrected chi connectivity index (χ3v) is 6.60. The third-order valence-electron chi connectivity index (χ3n) is 6.60. The van der Waals surface area contributed by atoms with E-state index >= 15 is 0 Å². The van der Waals surface area contributed by atoms with Crippen LogP contribution in [0.15, 0.2) is 59.4 Å². The van der Waals surface area contributed by atoms with E-state index in [0.29, 0.717) is 35.8 Å². The summed E-state index contributed by atoms with van der Waals surface area (Å²) in [6.45, 7) is 4.71. The zero-order chi connectivity index (χ0) is 27.1. The molecule has 0 saturated carbocycles. The van der Waals surface area contributed by atoms with Gasteiger partial charge in [-0.1, -0.05) is 18.2 Å². The molecule has 38 heavy (non-hydrogen) atoms. The van der Waals surface area contributed by atoms with Gasteiger partial charge in [0, 0.05) is 37.1 Å². The standard InChI is InChI=1S/C27H27N7O4/c1-16-14-22(18-8-10-20(11-9-18)34-25(38-4)30-31(3)26(34)36)17(2)24(29-16)33-13-12-32(27(33)37)21-7-5-6-19(15-21)23(28)35/h5-11,14-15H,12-13H2,1-4H3,(H2,28,35). The highest BCUT2D eigenvalue weighted by molar-refractivity contribution is 6.07. The van der Waals surface area contributed by atoms with Crippen molar-refractivity contribution in [1.29, 1.82) is 0 Å². The van der Waals surface area contributed by atoms with Gasteiger partial charge in [0.15, 0.2) is 0 Å². The second-order valence-electron chi connectivity index (χ2n) is 9.04. The summed E-state index contributed by atoms with van der Waals surface area (Å²) in [6, 6.07) is 16.1. The molecule has 194 valence electrons. The van der Waals surface area contributed by atoms with E-state index in [4.69, 9.17) is 15.5 Å². The summed E-state index contributed by atoms with van der Waals surface area (Å²) < 4.78 is 7.86. The topological polar surface area (TPSA) is 129 Å². The lowest BCUT2D eigenvalue weighted by Crippen LogP contribution is -2.33. The molecule has 2 aromatic heterocycles. The molecule has 1 saturated heterocycles. The average Bonchev–Trinajstić information content (AvgIpc) is 3.43. The molecule has 2 N–H and O–H groups in total. The molecular weight excluding hydrogens is 486 g/mol. The molecule has 0 atom stereocenters. The molecule has 0 spiro atoms. The molecule has 1 aliphatic rings. The van der Waals surface area contributed by atoms with Crippen LogP contribution in [0.5, 0.6) is 6.01 Å². The predicted molar refractivity (Wildman–Crippen MR) is 143 cm³/mol. The van der Waals surface area contributed by atoms with Gasteiger partial charge >= 0.3 is 17.7 Å². The number of pyridine rings is 1. The normalized spacial score (nSPS) is 13.3. The summed E-state index contributed by atoms with van der Waals surface area (Å²) in [7, 11) is 3.03. The molecule has 0 radical (unpaired) electrons. The fourth-order valence-corrected chi connectivity index (χ4v) is 4.67. The van der Waals surface area contributed by atoms with Gasteiger partial charge < -0.3 is 10.5 Å². The number of amides is 3. The number of methoxy groups -OCH3 is 1. The number of carbonyl (C=O) groups excluding carboxylic acids is 2. The van der Waals surface area contributed by atoms with E-state index < -0.39 is 5.91 Å². The Morgan fingerprint density at radius 2 is 1.68 bits per heavy atom. The van der Waals surface area contributed by atoms with E-state index in [2.05, 4.69) is 5.10 Å². The van der Waals surface area contributed by atoms with Gasteiger partial charge in [0.05, 0.1) is 12.8 Å². The van der Waals surface area contributed by atoms with E-state index in [-0.39, 0.29) is 17.7 Å². The molecule has 0 aliphatic carbocycles. The number of rotatable bonds is 6. The highest BCUT2D eigenvalue weighted by atomic mass is 16.5. The molecular formula is C27H27N7O4. The van der Waals surface area contributed by atoms with Crippen LogP contribution in [0.4, 0.5) is 16.3 Å². The van der Waals surface area contributed by atoms with Crippen molar-refractivity contribution in [2.45, 2.75) is 13.8 Å². The first-order chi connectivity index (χ1) is 18.2. The number of benzene rings is 2.